The molecule has 5 aromatic rings. The quantitative estimate of drug-likeness (QED) is 0.0621. The summed E-state index contributed by atoms with van der Waals surface area (Å²) in [5, 5.41) is 18.2. The predicted octanol–water partition coefficient (Wildman–Crippen LogP) is 13.1. The van der Waals surface area contributed by atoms with Crippen molar-refractivity contribution in [1.29, 1.82) is 0 Å². The molecule has 1 N–H and O–H groups in total. The van der Waals surface area contributed by atoms with Crippen LogP contribution in [-0.4, -0.2) is 32.0 Å². The third-order valence-electron chi connectivity index (χ3n) is 11.3. The van der Waals surface area contributed by atoms with Crippen molar-refractivity contribution >= 4 is 74.6 Å². The first kappa shape index (κ1) is 43.3. The summed E-state index contributed by atoms with van der Waals surface area (Å²) in [6.45, 7) is 22.8. The Balaban J connectivity index is 0.000000335. The van der Waals surface area contributed by atoms with Crippen molar-refractivity contribution in [2.45, 2.75) is 131 Å². The maximum Gasteiger partial charge on any atom is 0.162 e. The second-order valence-corrected chi connectivity index (χ2v) is 28.2. The van der Waals surface area contributed by atoms with Crippen LogP contribution in [0.5, 0.6) is 0 Å². The molecule has 0 aliphatic heterocycles. The molecule has 2 aromatic heterocycles. The monoisotopic (exact) mass is 941 g/mol. The number of pyridine rings is 1. The van der Waals surface area contributed by atoms with E-state index in [1.807, 2.05) is 39.0 Å². The van der Waals surface area contributed by atoms with Crippen LogP contribution in [0.3, 0.4) is 0 Å². The van der Waals surface area contributed by atoms with Gasteiger partial charge in [-0.15, -0.1) is 40.1 Å². The third-order valence-corrected chi connectivity index (χ3v) is 16.5. The minimum Gasteiger partial charge on any atom is -0.512 e. The Hall–Kier alpha value is -2.42. The van der Waals surface area contributed by atoms with Crippen LogP contribution in [0.4, 0.5) is 0 Å². The first-order valence-electron chi connectivity index (χ1n) is 20.0. The van der Waals surface area contributed by atoms with Crippen LogP contribution in [0.2, 0.25) is 39.3 Å². The molecule has 1 aliphatic carbocycles. The van der Waals surface area contributed by atoms with Gasteiger partial charge in [0.1, 0.15) is 0 Å². The Bertz CT molecular complexity index is 2040. The fourth-order valence-corrected chi connectivity index (χ4v) is 12.4. The van der Waals surface area contributed by atoms with Crippen molar-refractivity contribution in [3.63, 3.8) is 0 Å². The second-order valence-electron chi connectivity index (χ2n) is 17.1. The molecule has 0 atom stereocenters. The molecule has 3 nitrogen and oxygen atoms in total. The van der Waals surface area contributed by atoms with E-state index in [4.69, 9.17) is 4.98 Å². The van der Waals surface area contributed by atoms with Gasteiger partial charge in [-0.2, -0.15) is 0 Å². The second kappa shape index (κ2) is 18.5. The van der Waals surface area contributed by atoms with Crippen molar-refractivity contribution in [2.24, 2.45) is 11.8 Å². The van der Waals surface area contributed by atoms with Gasteiger partial charge in [0, 0.05) is 59.3 Å². The van der Waals surface area contributed by atoms with E-state index in [1.165, 1.54) is 79.5 Å². The van der Waals surface area contributed by atoms with Crippen molar-refractivity contribution in [2.75, 3.05) is 0 Å². The molecule has 53 heavy (non-hydrogen) atoms. The number of allylic oxidation sites excluding steroid dienone is 2. The van der Waals surface area contributed by atoms with E-state index < -0.39 is 16.1 Å². The van der Waals surface area contributed by atoms with Crippen molar-refractivity contribution in [1.82, 2.24) is 4.98 Å². The molecule has 1 saturated carbocycles. The molecule has 6 rings (SSSR count). The number of hydrogen-bond donors (Lipinski definition) is 1. The zero-order valence-corrected chi connectivity index (χ0v) is 39.1. The van der Waals surface area contributed by atoms with Gasteiger partial charge in [-0.05, 0) is 72.0 Å². The predicted molar refractivity (Wildman–Crippen MR) is 235 cm³/mol. The van der Waals surface area contributed by atoms with Crippen LogP contribution < -0.4 is 10.4 Å². The van der Waals surface area contributed by atoms with E-state index in [0.717, 1.165) is 42.9 Å². The summed E-state index contributed by atoms with van der Waals surface area (Å²) in [6, 6.07) is 22.4. The Morgan fingerprint density at radius 1 is 0.849 bits per heavy atom. The number of hydrogen-bond acceptors (Lipinski definition) is 4. The van der Waals surface area contributed by atoms with E-state index in [1.54, 1.807) is 5.56 Å². The SMILES string of the molecule is CCC(CC)C(=O)/C=C(\O)C(CC)CC.C[Si](C)(C)c1cc(-c2ncc([Si](C)(C)C)c3c2sc2cc(C4CCCCC4)ccc23)[c-]c2ccccc12.[Ir]. The van der Waals surface area contributed by atoms with Crippen molar-refractivity contribution < 1.29 is 30.0 Å². The average Bonchev–Trinajstić information content (AvgIpc) is 3.50. The molecule has 0 spiro atoms. The minimum absolute atomic E-state index is 0. The van der Waals surface area contributed by atoms with Gasteiger partial charge in [0.2, 0.25) is 0 Å². The standard InChI is InChI=1S/C33H38NSSi2.C13H24O2.Ir/c1-36(2,3)29-20-25(18-24-14-10-11-15-26(24)29)32-33-31(30(21-34-32)37(4,5)6)27-17-16-23(19-28(27)35-33)22-12-8-7-9-13-22;1-5-10(6-2)12(14)9-13(15)11(7-3)8-4;/h10-11,14-17,19-22H,7-9,12-13H2,1-6H3;9-11,14H,5-8H2,1-4H3;/q-1;;/b;12-9-;. The Morgan fingerprint density at radius 3 is 2.08 bits per heavy atom. The molecule has 1 radical (unpaired) electrons. The van der Waals surface area contributed by atoms with Crippen LogP contribution >= 0.6 is 11.3 Å². The van der Waals surface area contributed by atoms with Gasteiger partial charge >= 0.3 is 0 Å². The number of fused-ring (bicyclic) bond motifs is 4. The van der Waals surface area contributed by atoms with Gasteiger partial charge in [0.05, 0.1) is 21.9 Å². The topological polar surface area (TPSA) is 50.2 Å². The molecule has 1 fully saturated rings. The molecule has 0 saturated heterocycles. The maximum absolute atomic E-state index is 11.7. The number of carbonyl (C=O) groups excluding carboxylic acids is 1. The van der Waals surface area contributed by atoms with Gasteiger partial charge < -0.3 is 5.11 Å². The smallest absolute Gasteiger partial charge is 0.162 e. The molecule has 7 heteroatoms. The van der Waals surface area contributed by atoms with Crippen LogP contribution in [0.15, 0.2) is 66.6 Å². The van der Waals surface area contributed by atoms with Crippen molar-refractivity contribution in [3.8, 4) is 11.3 Å². The fraction of sp³-hybridized carbons (Fsp3) is 0.478. The maximum atomic E-state index is 11.7. The number of carbonyl (C=O) groups is 1. The van der Waals surface area contributed by atoms with Crippen molar-refractivity contribution in [3.05, 3.63) is 78.2 Å². The zero-order chi connectivity index (χ0) is 37.8. The molecular weight excluding hydrogens is 879 g/mol. The number of ketones is 1. The van der Waals surface area contributed by atoms with Gasteiger partial charge in [-0.1, -0.05) is 128 Å². The molecule has 287 valence electrons. The average molecular weight is 941 g/mol. The van der Waals surface area contributed by atoms with Crippen LogP contribution in [0.25, 0.3) is 42.2 Å². The largest absolute Gasteiger partial charge is 0.512 e. The van der Waals surface area contributed by atoms with E-state index in [9.17, 15) is 9.90 Å². The number of thiophene rings is 1. The number of aliphatic hydroxyl groups is 1. The third kappa shape index (κ3) is 9.88. The summed E-state index contributed by atoms with van der Waals surface area (Å²) in [4.78, 5) is 16.9. The summed E-state index contributed by atoms with van der Waals surface area (Å²) in [7, 11) is -3.16. The van der Waals surface area contributed by atoms with Crippen LogP contribution in [0.1, 0.15) is 97.0 Å². The zero-order valence-electron chi connectivity index (χ0n) is 33.9. The molecule has 0 amide bonds. The first-order chi connectivity index (χ1) is 24.7. The number of benzene rings is 3. The van der Waals surface area contributed by atoms with Gasteiger partial charge in [-0.25, -0.2) is 0 Å². The first-order valence-corrected chi connectivity index (χ1v) is 27.8. The normalized spacial score (nSPS) is 14.5. The molecule has 2 heterocycles. The number of aromatic nitrogens is 1. The van der Waals surface area contributed by atoms with Gasteiger partial charge in [-0.3, -0.25) is 9.78 Å². The van der Waals surface area contributed by atoms with E-state index in [2.05, 4.69) is 100 Å². The summed E-state index contributed by atoms with van der Waals surface area (Å²) in [5.74, 6) is 1.27. The molecule has 3 aromatic carbocycles. The summed E-state index contributed by atoms with van der Waals surface area (Å²) < 4.78 is 2.78. The van der Waals surface area contributed by atoms with E-state index >= 15 is 0 Å². The fourth-order valence-electron chi connectivity index (χ4n) is 8.01. The van der Waals surface area contributed by atoms with Gasteiger partial charge in [0.25, 0.3) is 0 Å². The minimum atomic E-state index is -1.59. The number of nitrogens with zero attached hydrogens (tertiary/aromatic N) is 1. The Morgan fingerprint density at radius 2 is 1.47 bits per heavy atom. The van der Waals surface area contributed by atoms with Crippen LogP contribution in [-0.2, 0) is 24.9 Å². The van der Waals surface area contributed by atoms with Crippen LogP contribution in [0, 0.1) is 17.9 Å². The number of aliphatic hydroxyl groups excluding tert-OH is 1. The summed E-state index contributed by atoms with van der Waals surface area (Å²) in [5.41, 5.74) is 3.81. The van der Waals surface area contributed by atoms with E-state index in [0.29, 0.717) is 0 Å². The molecule has 1 aliphatic rings. The van der Waals surface area contributed by atoms with Gasteiger partial charge in [0.15, 0.2) is 5.78 Å². The van der Waals surface area contributed by atoms with E-state index in [-0.39, 0.29) is 43.5 Å². The molecule has 0 bridgehead atoms. The Labute approximate surface area is 339 Å². The summed E-state index contributed by atoms with van der Waals surface area (Å²) in [6.07, 6.45) is 14.0. The number of rotatable bonds is 11. The summed E-state index contributed by atoms with van der Waals surface area (Å²) >= 11 is 1.96. The molecular formula is C46H62IrNO2SSi2-. The molecule has 0 unspecified atom stereocenters. The Kier molecular flexibility index (Phi) is 15.1.